The lowest BCUT2D eigenvalue weighted by atomic mass is 9.88. The molecule has 0 saturated carbocycles. The van der Waals surface area contributed by atoms with Gasteiger partial charge in [0.15, 0.2) is 0 Å². The van der Waals surface area contributed by atoms with Gasteiger partial charge in [0.05, 0.1) is 12.0 Å². The van der Waals surface area contributed by atoms with Crippen LogP contribution in [0, 0.1) is 0 Å². The minimum Gasteiger partial charge on any atom is -0.388 e. The standard InChI is InChI=1S/C20H28N2O2/c1-17-7-5-12-22(14-17)19(23)13-20(24)10-6-11-21(16-20)15-18-8-3-2-4-9-18/h2-4,7-9,24H,5-6,10-16H2,1H3. The van der Waals surface area contributed by atoms with Crippen molar-refractivity contribution in [1.82, 2.24) is 9.80 Å². The molecule has 2 heterocycles. The molecule has 3 rings (SSSR count). The zero-order chi connectivity index (χ0) is 17.0. The highest BCUT2D eigenvalue weighted by Crippen LogP contribution is 2.27. The molecule has 0 aromatic heterocycles. The summed E-state index contributed by atoms with van der Waals surface area (Å²) in [6, 6.07) is 10.3. The maximum Gasteiger partial charge on any atom is 0.225 e. The molecule has 0 spiro atoms. The van der Waals surface area contributed by atoms with Gasteiger partial charge in [-0.2, -0.15) is 0 Å². The van der Waals surface area contributed by atoms with Crippen molar-refractivity contribution in [3.63, 3.8) is 0 Å². The van der Waals surface area contributed by atoms with Crippen molar-refractivity contribution in [2.24, 2.45) is 0 Å². The Hall–Kier alpha value is -1.65. The monoisotopic (exact) mass is 328 g/mol. The smallest absolute Gasteiger partial charge is 0.225 e. The summed E-state index contributed by atoms with van der Waals surface area (Å²) in [5, 5.41) is 11.0. The number of hydrogen-bond acceptors (Lipinski definition) is 3. The van der Waals surface area contributed by atoms with E-state index in [1.54, 1.807) is 0 Å². The fraction of sp³-hybridized carbons (Fsp3) is 0.550. The third-order valence-electron chi connectivity index (χ3n) is 5.05. The second-order valence-electron chi connectivity index (χ2n) is 7.36. The van der Waals surface area contributed by atoms with E-state index in [2.05, 4.69) is 30.0 Å². The van der Waals surface area contributed by atoms with Crippen LogP contribution in [0.25, 0.3) is 0 Å². The average molecular weight is 328 g/mol. The van der Waals surface area contributed by atoms with E-state index in [1.165, 1.54) is 11.1 Å². The van der Waals surface area contributed by atoms with Gasteiger partial charge in [0, 0.05) is 26.2 Å². The van der Waals surface area contributed by atoms with Gasteiger partial charge in [0.25, 0.3) is 0 Å². The quantitative estimate of drug-likeness (QED) is 0.864. The van der Waals surface area contributed by atoms with Crippen molar-refractivity contribution in [1.29, 1.82) is 0 Å². The number of likely N-dealkylation sites (tertiary alicyclic amines) is 1. The summed E-state index contributed by atoms with van der Waals surface area (Å²) >= 11 is 0. The molecule has 2 aliphatic rings. The van der Waals surface area contributed by atoms with Crippen LogP contribution in [0.15, 0.2) is 42.0 Å². The highest BCUT2D eigenvalue weighted by molar-refractivity contribution is 5.77. The zero-order valence-corrected chi connectivity index (χ0v) is 14.6. The second kappa shape index (κ2) is 7.49. The Balaban J connectivity index is 1.58. The summed E-state index contributed by atoms with van der Waals surface area (Å²) in [6.07, 6.45) is 5.02. The van der Waals surface area contributed by atoms with Crippen LogP contribution in [0.4, 0.5) is 0 Å². The maximum atomic E-state index is 12.6. The van der Waals surface area contributed by atoms with Crippen molar-refractivity contribution in [3.05, 3.63) is 47.5 Å². The van der Waals surface area contributed by atoms with Crippen LogP contribution in [-0.2, 0) is 11.3 Å². The van der Waals surface area contributed by atoms with Crippen LogP contribution in [0.3, 0.4) is 0 Å². The summed E-state index contributed by atoms with van der Waals surface area (Å²) < 4.78 is 0. The lowest BCUT2D eigenvalue weighted by Crippen LogP contribution is -2.51. The van der Waals surface area contributed by atoms with Gasteiger partial charge in [-0.1, -0.05) is 42.0 Å². The summed E-state index contributed by atoms with van der Waals surface area (Å²) in [4.78, 5) is 16.8. The number of piperidine rings is 1. The number of β-amino-alcohol motifs (C(OH)–C–C–N with tert-alkyl or cyclic N) is 1. The second-order valence-corrected chi connectivity index (χ2v) is 7.36. The summed E-state index contributed by atoms with van der Waals surface area (Å²) in [5.41, 5.74) is 1.61. The van der Waals surface area contributed by atoms with E-state index in [1.807, 2.05) is 23.1 Å². The van der Waals surface area contributed by atoms with Crippen molar-refractivity contribution < 1.29 is 9.90 Å². The van der Waals surface area contributed by atoms with E-state index in [4.69, 9.17) is 0 Å². The van der Waals surface area contributed by atoms with Gasteiger partial charge in [-0.25, -0.2) is 0 Å². The molecule has 1 aromatic carbocycles. The molecule has 1 N–H and O–H groups in total. The Morgan fingerprint density at radius 1 is 1.25 bits per heavy atom. The average Bonchev–Trinajstić information content (AvgIpc) is 2.55. The van der Waals surface area contributed by atoms with Crippen LogP contribution in [0.2, 0.25) is 0 Å². The molecule has 24 heavy (non-hydrogen) atoms. The van der Waals surface area contributed by atoms with Gasteiger partial charge in [0.2, 0.25) is 5.91 Å². The van der Waals surface area contributed by atoms with Gasteiger partial charge < -0.3 is 10.0 Å². The number of aliphatic hydroxyl groups is 1. The highest BCUT2D eigenvalue weighted by atomic mass is 16.3. The first-order valence-electron chi connectivity index (χ1n) is 8.96. The van der Waals surface area contributed by atoms with Crippen LogP contribution in [0.1, 0.15) is 38.2 Å². The number of nitrogens with zero attached hydrogens (tertiary/aromatic N) is 2. The van der Waals surface area contributed by atoms with Crippen LogP contribution in [-0.4, -0.2) is 52.6 Å². The van der Waals surface area contributed by atoms with E-state index in [0.717, 1.165) is 32.5 Å². The van der Waals surface area contributed by atoms with Crippen LogP contribution >= 0.6 is 0 Å². The van der Waals surface area contributed by atoms with Gasteiger partial charge in [-0.05, 0) is 38.3 Å². The molecular formula is C20H28N2O2. The van der Waals surface area contributed by atoms with E-state index in [0.29, 0.717) is 19.5 Å². The predicted molar refractivity (Wildman–Crippen MR) is 95.5 cm³/mol. The Labute approximate surface area is 144 Å². The molecule has 1 amide bonds. The van der Waals surface area contributed by atoms with Crippen LogP contribution < -0.4 is 0 Å². The first-order chi connectivity index (χ1) is 11.5. The summed E-state index contributed by atoms with van der Waals surface area (Å²) in [7, 11) is 0. The van der Waals surface area contributed by atoms with Gasteiger partial charge in [0.1, 0.15) is 0 Å². The third-order valence-corrected chi connectivity index (χ3v) is 5.05. The molecule has 0 bridgehead atoms. The summed E-state index contributed by atoms with van der Waals surface area (Å²) in [6.45, 7) is 5.95. The van der Waals surface area contributed by atoms with Gasteiger partial charge in [-0.15, -0.1) is 0 Å². The molecule has 0 radical (unpaired) electrons. The Kier molecular flexibility index (Phi) is 5.36. The van der Waals surface area contributed by atoms with Crippen molar-refractivity contribution in [2.75, 3.05) is 26.2 Å². The van der Waals surface area contributed by atoms with Crippen molar-refractivity contribution in [2.45, 2.75) is 44.8 Å². The first kappa shape index (κ1) is 17.2. The Morgan fingerprint density at radius 2 is 2.04 bits per heavy atom. The molecule has 0 aliphatic carbocycles. The van der Waals surface area contributed by atoms with E-state index < -0.39 is 5.60 Å². The molecule has 1 unspecified atom stereocenters. The molecule has 130 valence electrons. The molecule has 4 heteroatoms. The lowest BCUT2D eigenvalue weighted by molar-refractivity contribution is -0.139. The van der Waals surface area contributed by atoms with Crippen molar-refractivity contribution >= 4 is 5.91 Å². The number of rotatable bonds is 4. The molecule has 1 saturated heterocycles. The minimum atomic E-state index is -0.890. The predicted octanol–water partition coefficient (Wildman–Crippen LogP) is 2.58. The summed E-state index contributed by atoms with van der Waals surface area (Å²) in [5.74, 6) is 0.0894. The van der Waals surface area contributed by atoms with Crippen molar-refractivity contribution in [3.8, 4) is 0 Å². The number of carbonyl (C=O) groups is 1. The fourth-order valence-electron chi connectivity index (χ4n) is 3.84. The first-order valence-corrected chi connectivity index (χ1v) is 8.96. The van der Waals surface area contributed by atoms with Gasteiger partial charge in [-0.3, -0.25) is 9.69 Å². The Bertz CT molecular complexity index is 599. The van der Waals surface area contributed by atoms with Crippen LogP contribution in [0.5, 0.6) is 0 Å². The number of carbonyl (C=O) groups excluding carboxylic acids is 1. The molecule has 2 aliphatic heterocycles. The molecule has 1 aromatic rings. The Morgan fingerprint density at radius 3 is 2.79 bits per heavy atom. The van der Waals surface area contributed by atoms with E-state index >= 15 is 0 Å². The largest absolute Gasteiger partial charge is 0.388 e. The SMILES string of the molecule is CC1=CCCN(C(=O)CC2(O)CCCN(Cc3ccccc3)C2)C1. The van der Waals surface area contributed by atoms with Gasteiger partial charge >= 0.3 is 0 Å². The maximum absolute atomic E-state index is 12.6. The number of hydrogen-bond donors (Lipinski definition) is 1. The number of amides is 1. The topological polar surface area (TPSA) is 43.8 Å². The fourth-order valence-corrected chi connectivity index (χ4v) is 3.84. The molecular weight excluding hydrogens is 300 g/mol. The normalized spacial score (nSPS) is 25.4. The zero-order valence-electron chi connectivity index (χ0n) is 14.6. The van der Waals surface area contributed by atoms with E-state index in [9.17, 15) is 9.90 Å². The third kappa shape index (κ3) is 4.46. The minimum absolute atomic E-state index is 0.0894. The molecule has 4 nitrogen and oxygen atoms in total. The van der Waals surface area contributed by atoms with E-state index in [-0.39, 0.29) is 12.3 Å². The highest BCUT2D eigenvalue weighted by Gasteiger charge is 2.36. The lowest BCUT2D eigenvalue weighted by Gasteiger charge is -2.40. The number of benzene rings is 1. The molecule has 1 atom stereocenters. The molecule has 1 fully saturated rings.